The summed E-state index contributed by atoms with van der Waals surface area (Å²) in [6.07, 6.45) is 43.9. The van der Waals surface area contributed by atoms with E-state index >= 15 is 0 Å². The molecule has 57 heavy (non-hydrogen) atoms. The lowest BCUT2D eigenvalue weighted by atomic mass is 10.1. The lowest BCUT2D eigenvalue weighted by Gasteiger charge is -2.24. The molecule has 0 aromatic rings. The van der Waals surface area contributed by atoms with Crippen LogP contribution in [0.15, 0.2) is 85.1 Å². The third-order valence-electron chi connectivity index (χ3n) is 8.53. The van der Waals surface area contributed by atoms with Crippen molar-refractivity contribution in [2.45, 2.75) is 148 Å². The number of allylic oxidation sites excluding steroid dienone is 13. The van der Waals surface area contributed by atoms with Gasteiger partial charge in [-0.3, -0.25) is 18.6 Å². The van der Waals surface area contributed by atoms with Crippen molar-refractivity contribution in [2.24, 2.45) is 0 Å². The number of likely N-dealkylation sites (N-methyl/N-ethyl adjacent to an activating group) is 1. The molecule has 0 rings (SSSR count). The number of phosphoric acid groups is 1. The number of esters is 2. The van der Waals surface area contributed by atoms with E-state index in [1.807, 2.05) is 33.3 Å². The van der Waals surface area contributed by atoms with E-state index in [1.54, 1.807) is 12.2 Å². The van der Waals surface area contributed by atoms with E-state index in [9.17, 15) is 24.2 Å². The molecule has 0 aliphatic heterocycles. The standard InChI is InChI=1S/C46H78NO9P/c1-6-8-10-12-14-16-18-20-21-22-24-25-27-29-31-33-35-43(48)37-38-46(50)56-44(42-55-57(51,52)54-40-39-47(3,4)5)41-53-45(49)36-34-32-30-28-26-23-19-17-15-13-11-9-7-2/h8,10,14,16-17,19-21,24-25,29,31,33,35,43-44,48H,6-7,9,11-13,15,18,22-23,26-28,30,32,34,36-42H2,1-5H3/p+1/b10-8-,16-14-,19-17-,21-20-,25-24-,31-29-,35-33-/t43?,44-/m1/s1. The van der Waals surface area contributed by atoms with Crippen molar-refractivity contribution in [1.82, 2.24) is 0 Å². The van der Waals surface area contributed by atoms with Gasteiger partial charge in [0.1, 0.15) is 19.8 Å². The van der Waals surface area contributed by atoms with Gasteiger partial charge in [-0.15, -0.1) is 0 Å². The lowest BCUT2D eigenvalue weighted by molar-refractivity contribution is -0.870. The van der Waals surface area contributed by atoms with Gasteiger partial charge >= 0.3 is 19.8 Å². The Balaban J connectivity index is 4.66. The molecule has 0 spiro atoms. The molecule has 0 aromatic heterocycles. The SMILES string of the molecule is CC/C=C\C/C=C\C/C=C\C/C=C\C/C=C\C=C/C(O)CCC(=O)O[C@H](COC(=O)CCCCCCC/C=C\CCCCCC)COP(=O)(O)OCC[N+](C)(C)C. The van der Waals surface area contributed by atoms with Gasteiger partial charge in [0, 0.05) is 12.8 Å². The minimum absolute atomic E-state index is 0.0163. The molecule has 2 N–H and O–H groups in total. The Kier molecular flexibility index (Phi) is 35.6. The Morgan fingerprint density at radius 1 is 0.649 bits per heavy atom. The molecular weight excluding hydrogens is 741 g/mol. The maximum absolute atomic E-state index is 12.7. The van der Waals surface area contributed by atoms with Crippen LogP contribution in [0, 0.1) is 0 Å². The third-order valence-corrected chi connectivity index (χ3v) is 9.51. The van der Waals surface area contributed by atoms with Crippen LogP contribution in [0.3, 0.4) is 0 Å². The van der Waals surface area contributed by atoms with E-state index in [0.29, 0.717) is 17.4 Å². The highest BCUT2D eigenvalue weighted by Gasteiger charge is 2.27. The molecule has 2 unspecified atom stereocenters. The highest BCUT2D eigenvalue weighted by atomic mass is 31.2. The fourth-order valence-corrected chi connectivity index (χ4v) is 5.86. The van der Waals surface area contributed by atoms with Crippen molar-refractivity contribution in [3.63, 3.8) is 0 Å². The minimum atomic E-state index is -4.45. The van der Waals surface area contributed by atoms with Gasteiger partial charge < -0.3 is 24.0 Å². The molecule has 326 valence electrons. The number of phosphoric ester groups is 1. The zero-order valence-corrected chi connectivity index (χ0v) is 37.0. The van der Waals surface area contributed by atoms with Crippen molar-refractivity contribution in [2.75, 3.05) is 47.5 Å². The molecular formula is C46H79NO9P+. The van der Waals surface area contributed by atoms with E-state index < -0.39 is 38.6 Å². The smallest absolute Gasteiger partial charge is 0.462 e. The van der Waals surface area contributed by atoms with Crippen LogP contribution in [0.4, 0.5) is 0 Å². The molecule has 0 bridgehead atoms. The van der Waals surface area contributed by atoms with E-state index in [4.69, 9.17) is 18.5 Å². The van der Waals surface area contributed by atoms with Crippen molar-refractivity contribution in [3.8, 4) is 0 Å². The third kappa shape index (κ3) is 41.1. The normalized spacial score (nSPS) is 15.0. The molecule has 0 fully saturated rings. The molecule has 10 nitrogen and oxygen atoms in total. The van der Waals surface area contributed by atoms with Gasteiger partial charge in [-0.25, -0.2) is 4.57 Å². The van der Waals surface area contributed by atoms with Gasteiger partial charge in [0.2, 0.25) is 0 Å². The highest BCUT2D eigenvalue weighted by molar-refractivity contribution is 7.47. The van der Waals surface area contributed by atoms with Gasteiger partial charge in [-0.2, -0.15) is 0 Å². The van der Waals surface area contributed by atoms with Gasteiger partial charge in [0.25, 0.3) is 0 Å². The highest BCUT2D eigenvalue weighted by Crippen LogP contribution is 2.43. The summed E-state index contributed by atoms with van der Waals surface area (Å²) in [6, 6.07) is 0. The monoisotopic (exact) mass is 821 g/mol. The van der Waals surface area contributed by atoms with Crippen LogP contribution in [-0.2, 0) is 32.7 Å². The van der Waals surface area contributed by atoms with Crippen molar-refractivity contribution in [3.05, 3.63) is 85.1 Å². The van der Waals surface area contributed by atoms with Crippen LogP contribution in [-0.4, -0.2) is 86.1 Å². The van der Waals surface area contributed by atoms with Gasteiger partial charge in [-0.1, -0.05) is 137 Å². The van der Waals surface area contributed by atoms with E-state index in [2.05, 4.69) is 74.6 Å². The van der Waals surface area contributed by atoms with Gasteiger partial charge in [0.15, 0.2) is 6.10 Å². The zero-order valence-electron chi connectivity index (χ0n) is 36.1. The second kappa shape index (κ2) is 37.4. The summed E-state index contributed by atoms with van der Waals surface area (Å²) in [5.41, 5.74) is 0. The van der Waals surface area contributed by atoms with Crippen LogP contribution < -0.4 is 0 Å². The fraction of sp³-hybridized carbons (Fsp3) is 0.652. The number of carbonyl (C=O) groups is 2. The fourth-order valence-electron chi connectivity index (χ4n) is 5.12. The van der Waals surface area contributed by atoms with Gasteiger partial charge in [-0.05, 0) is 70.6 Å². The van der Waals surface area contributed by atoms with Crippen molar-refractivity contribution in [1.29, 1.82) is 0 Å². The van der Waals surface area contributed by atoms with Crippen molar-refractivity contribution < 1.29 is 47.2 Å². The Morgan fingerprint density at radius 3 is 1.81 bits per heavy atom. The number of aliphatic hydroxyl groups is 1. The maximum atomic E-state index is 12.7. The first-order valence-corrected chi connectivity index (χ1v) is 22.9. The predicted octanol–water partition coefficient (Wildman–Crippen LogP) is 11.0. The number of carbonyl (C=O) groups excluding carboxylic acids is 2. The maximum Gasteiger partial charge on any atom is 0.472 e. The Bertz CT molecular complexity index is 1260. The Morgan fingerprint density at radius 2 is 1.21 bits per heavy atom. The van der Waals surface area contributed by atoms with Crippen LogP contribution in [0.1, 0.15) is 136 Å². The van der Waals surface area contributed by atoms with E-state index in [0.717, 1.165) is 70.6 Å². The van der Waals surface area contributed by atoms with E-state index in [1.165, 1.54) is 25.7 Å². The first-order valence-electron chi connectivity index (χ1n) is 21.4. The Labute approximate surface area is 346 Å². The summed E-state index contributed by atoms with van der Waals surface area (Å²) in [6.45, 7) is 3.97. The number of nitrogens with zero attached hydrogens (tertiary/aromatic N) is 1. The van der Waals surface area contributed by atoms with Crippen LogP contribution in [0.2, 0.25) is 0 Å². The molecule has 11 heteroatoms. The summed E-state index contributed by atoms with van der Waals surface area (Å²) >= 11 is 0. The van der Waals surface area contributed by atoms with Crippen LogP contribution in [0.5, 0.6) is 0 Å². The quantitative estimate of drug-likeness (QED) is 0.0157. The first-order chi connectivity index (χ1) is 27.4. The number of rotatable bonds is 37. The topological polar surface area (TPSA) is 129 Å². The summed E-state index contributed by atoms with van der Waals surface area (Å²) in [7, 11) is 1.31. The number of quaternary nitrogens is 1. The summed E-state index contributed by atoms with van der Waals surface area (Å²) in [5, 5.41) is 10.3. The number of hydrogen-bond donors (Lipinski definition) is 2. The molecule has 0 amide bonds. The van der Waals surface area contributed by atoms with Crippen LogP contribution >= 0.6 is 7.82 Å². The molecule has 0 aliphatic carbocycles. The number of hydrogen-bond acceptors (Lipinski definition) is 8. The number of ether oxygens (including phenoxy) is 2. The summed E-state index contributed by atoms with van der Waals surface area (Å²) < 4.78 is 34.0. The molecule has 0 heterocycles. The molecule has 3 atom stereocenters. The Hall–Kier alpha value is -2.85. The largest absolute Gasteiger partial charge is 0.472 e. The number of aliphatic hydroxyl groups excluding tert-OH is 1. The summed E-state index contributed by atoms with van der Waals surface area (Å²) in [4.78, 5) is 35.3. The summed E-state index contributed by atoms with van der Waals surface area (Å²) in [5.74, 6) is -1.10. The average molecular weight is 821 g/mol. The molecule has 0 radical (unpaired) electrons. The lowest BCUT2D eigenvalue weighted by Crippen LogP contribution is -2.37. The van der Waals surface area contributed by atoms with Crippen molar-refractivity contribution >= 4 is 19.8 Å². The van der Waals surface area contributed by atoms with Crippen LogP contribution in [0.25, 0.3) is 0 Å². The first kappa shape index (κ1) is 54.2. The second-order valence-electron chi connectivity index (χ2n) is 15.2. The molecule has 0 saturated carbocycles. The molecule has 0 aliphatic rings. The van der Waals surface area contributed by atoms with Gasteiger partial charge in [0.05, 0.1) is 33.9 Å². The van der Waals surface area contributed by atoms with E-state index in [-0.39, 0.29) is 32.5 Å². The number of unbranched alkanes of at least 4 members (excludes halogenated alkanes) is 9. The second-order valence-corrected chi connectivity index (χ2v) is 16.6. The molecule has 0 saturated heterocycles. The average Bonchev–Trinajstić information content (AvgIpc) is 3.16. The predicted molar refractivity (Wildman–Crippen MR) is 235 cm³/mol. The molecule has 0 aromatic carbocycles. The zero-order chi connectivity index (χ0) is 42.3. The minimum Gasteiger partial charge on any atom is -0.462 e.